The van der Waals surface area contributed by atoms with Gasteiger partial charge in [-0.3, -0.25) is 19.7 Å². The Balaban J connectivity index is 1.54. The molecular weight excluding hydrogens is 480 g/mol. The molecule has 2 amide bonds. The number of thiocarbonyl (C=S) groups is 1. The standard InChI is InChI=1S/C22H20N4O6S2/c27-20(23-16-4-2-1-3-5-16)14-32-18-7-6-17(26(29)30)12-15(18)13-19-21(28)25(22(33)34-19)24-8-10-31-11-9-24/h1-7,12-13H,8-11,14H2,(H,23,27)/b19-13-. The molecule has 2 aliphatic rings. The van der Waals surface area contributed by atoms with Crippen molar-refractivity contribution in [3.8, 4) is 5.75 Å². The first-order valence-electron chi connectivity index (χ1n) is 10.3. The minimum absolute atomic E-state index is 0.170. The van der Waals surface area contributed by atoms with Gasteiger partial charge in [-0.05, 0) is 24.3 Å². The van der Waals surface area contributed by atoms with E-state index in [1.807, 2.05) is 11.1 Å². The van der Waals surface area contributed by atoms with Crippen LogP contribution in [0.25, 0.3) is 6.08 Å². The van der Waals surface area contributed by atoms with Gasteiger partial charge in [0.15, 0.2) is 10.9 Å². The lowest BCUT2D eigenvalue weighted by atomic mass is 10.1. The molecule has 0 spiro atoms. The average Bonchev–Trinajstić information content (AvgIpc) is 3.11. The van der Waals surface area contributed by atoms with Gasteiger partial charge in [0.25, 0.3) is 17.5 Å². The Hall–Kier alpha value is -3.32. The van der Waals surface area contributed by atoms with Crippen LogP contribution in [0.5, 0.6) is 5.75 Å². The second-order valence-electron chi connectivity index (χ2n) is 7.24. The molecule has 2 aromatic carbocycles. The number of hydrogen-bond acceptors (Lipinski definition) is 9. The minimum Gasteiger partial charge on any atom is -0.483 e. The maximum Gasteiger partial charge on any atom is 0.280 e. The number of benzene rings is 2. The summed E-state index contributed by atoms with van der Waals surface area (Å²) in [6, 6.07) is 12.9. The summed E-state index contributed by atoms with van der Waals surface area (Å²) in [4.78, 5) is 36.4. The number of morpholine rings is 1. The number of nitrogens with zero attached hydrogens (tertiary/aromatic N) is 3. The maximum atomic E-state index is 13.0. The Morgan fingerprint density at radius 1 is 1.24 bits per heavy atom. The number of carbonyl (C=O) groups excluding carboxylic acids is 2. The number of nitro benzene ring substituents is 1. The van der Waals surface area contributed by atoms with E-state index in [2.05, 4.69) is 5.32 Å². The van der Waals surface area contributed by atoms with E-state index < -0.39 is 10.8 Å². The highest BCUT2D eigenvalue weighted by Gasteiger charge is 2.37. The first-order chi connectivity index (χ1) is 16.4. The van der Waals surface area contributed by atoms with Gasteiger partial charge in [0.1, 0.15) is 5.75 Å². The molecule has 2 aromatic rings. The van der Waals surface area contributed by atoms with Gasteiger partial charge in [0, 0.05) is 36.5 Å². The van der Waals surface area contributed by atoms with Crippen molar-refractivity contribution in [3.63, 3.8) is 0 Å². The summed E-state index contributed by atoms with van der Waals surface area (Å²) in [5, 5.41) is 17.3. The van der Waals surface area contributed by atoms with Crippen LogP contribution in [0.1, 0.15) is 5.56 Å². The van der Waals surface area contributed by atoms with E-state index >= 15 is 0 Å². The Morgan fingerprint density at radius 3 is 2.68 bits per heavy atom. The van der Waals surface area contributed by atoms with Gasteiger partial charge in [0.2, 0.25) is 0 Å². The number of ether oxygens (including phenoxy) is 2. The fourth-order valence-electron chi connectivity index (χ4n) is 3.35. The zero-order valence-electron chi connectivity index (χ0n) is 17.8. The number of hydrazine groups is 1. The molecule has 0 unspecified atom stereocenters. The molecule has 12 heteroatoms. The molecule has 0 aliphatic carbocycles. The van der Waals surface area contributed by atoms with Gasteiger partial charge in [-0.1, -0.05) is 42.2 Å². The van der Waals surface area contributed by atoms with Crippen molar-refractivity contribution in [2.45, 2.75) is 0 Å². The highest BCUT2D eigenvalue weighted by Crippen LogP contribution is 2.36. The monoisotopic (exact) mass is 500 g/mol. The highest BCUT2D eigenvalue weighted by atomic mass is 32.2. The van der Waals surface area contributed by atoms with Gasteiger partial charge < -0.3 is 14.8 Å². The Labute approximate surface area is 204 Å². The van der Waals surface area contributed by atoms with E-state index in [9.17, 15) is 19.7 Å². The van der Waals surface area contributed by atoms with Crippen LogP contribution in [0.4, 0.5) is 11.4 Å². The Morgan fingerprint density at radius 2 is 1.97 bits per heavy atom. The van der Waals surface area contributed by atoms with Crippen LogP contribution < -0.4 is 10.1 Å². The number of anilines is 1. The maximum absolute atomic E-state index is 13.0. The SMILES string of the molecule is O=C(COc1ccc([N+](=O)[O-])cc1/C=C1\SC(=S)N(N2CCOCC2)C1=O)Nc1ccccc1. The first-order valence-corrected chi connectivity index (χ1v) is 11.5. The molecule has 2 heterocycles. The molecule has 0 saturated carbocycles. The fraction of sp³-hybridized carbons (Fsp3) is 0.227. The number of amides is 2. The number of carbonyl (C=O) groups is 2. The van der Waals surface area contributed by atoms with Gasteiger partial charge in [-0.15, -0.1) is 0 Å². The van der Waals surface area contributed by atoms with Crippen LogP contribution >= 0.6 is 24.0 Å². The van der Waals surface area contributed by atoms with Gasteiger partial charge >= 0.3 is 0 Å². The van der Waals surface area contributed by atoms with Crippen molar-refractivity contribution < 1.29 is 24.0 Å². The number of thioether (sulfide) groups is 1. The van der Waals surface area contributed by atoms with Gasteiger partial charge in [0.05, 0.1) is 23.0 Å². The Kier molecular flexibility index (Phi) is 7.53. The fourth-order valence-corrected chi connectivity index (χ4v) is 4.65. The van der Waals surface area contributed by atoms with Crippen molar-refractivity contribution in [3.05, 3.63) is 69.1 Å². The summed E-state index contributed by atoms with van der Waals surface area (Å²) in [5.74, 6) is -0.490. The van der Waals surface area contributed by atoms with Crippen LogP contribution in [0.2, 0.25) is 0 Å². The summed E-state index contributed by atoms with van der Waals surface area (Å²) >= 11 is 6.49. The molecule has 2 aliphatic heterocycles. The zero-order valence-corrected chi connectivity index (χ0v) is 19.5. The van der Waals surface area contributed by atoms with E-state index in [1.54, 1.807) is 24.3 Å². The molecule has 10 nitrogen and oxygen atoms in total. The van der Waals surface area contributed by atoms with Crippen LogP contribution in [-0.4, -0.2) is 64.0 Å². The quantitative estimate of drug-likeness (QED) is 0.265. The van der Waals surface area contributed by atoms with Crippen molar-refractivity contribution in [2.75, 3.05) is 38.2 Å². The second-order valence-corrected chi connectivity index (χ2v) is 8.92. The topological polar surface area (TPSA) is 114 Å². The third-order valence-electron chi connectivity index (χ3n) is 4.95. The lowest BCUT2D eigenvalue weighted by Crippen LogP contribution is -2.50. The number of hydrogen-bond donors (Lipinski definition) is 1. The predicted octanol–water partition coefficient (Wildman–Crippen LogP) is 3.06. The highest BCUT2D eigenvalue weighted by molar-refractivity contribution is 8.26. The van der Waals surface area contributed by atoms with Crippen LogP contribution in [-0.2, 0) is 14.3 Å². The molecule has 4 rings (SSSR count). The van der Waals surface area contributed by atoms with Crippen molar-refractivity contribution in [1.29, 1.82) is 0 Å². The Bertz CT molecular complexity index is 1150. The second kappa shape index (κ2) is 10.7. The summed E-state index contributed by atoms with van der Waals surface area (Å²) in [7, 11) is 0. The molecule has 1 N–H and O–H groups in total. The van der Waals surface area contributed by atoms with Crippen molar-refractivity contribution in [2.24, 2.45) is 0 Å². The number of nitrogens with one attached hydrogen (secondary N) is 1. The molecule has 0 aromatic heterocycles. The minimum atomic E-state index is -0.540. The van der Waals surface area contributed by atoms with Crippen molar-refractivity contribution in [1.82, 2.24) is 10.0 Å². The van der Waals surface area contributed by atoms with Gasteiger partial charge in [-0.25, -0.2) is 10.0 Å². The molecule has 2 fully saturated rings. The first kappa shape index (κ1) is 23.8. The summed E-state index contributed by atoms with van der Waals surface area (Å²) in [6.45, 7) is 1.72. The number of para-hydroxylation sites is 1. The lowest BCUT2D eigenvalue weighted by molar-refractivity contribution is -0.384. The molecule has 34 heavy (non-hydrogen) atoms. The third kappa shape index (κ3) is 5.59. The molecule has 176 valence electrons. The van der Waals surface area contributed by atoms with E-state index in [0.29, 0.717) is 46.8 Å². The van der Waals surface area contributed by atoms with Crippen molar-refractivity contribution >= 4 is 57.6 Å². The molecule has 0 radical (unpaired) electrons. The number of nitro groups is 1. The molecule has 2 saturated heterocycles. The summed E-state index contributed by atoms with van der Waals surface area (Å²) in [6.07, 6.45) is 1.50. The van der Waals surface area contributed by atoms with E-state index in [4.69, 9.17) is 21.7 Å². The smallest absolute Gasteiger partial charge is 0.280 e. The lowest BCUT2D eigenvalue weighted by Gasteiger charge is -2.33. The normalized spacial score (nSPS) is 17.8. The largest absolute Gasteiger partial charge is 0.483 e. The summed E-state index contributed by atoms with van der Waals surface area (Å²) < 4.78 is 11.3. The molecular formula is C22H20N4O6S2. The molecule has 0 bridgehead atoms. The molecule has 0 atom stereocenters. The zero-order chi connectivity index (χ0) is 24.1. The van der Waals surface area contributed by atoms with Crippen LogP contribution in [0, 0.1) is 10.1 Å². The predicted molar refractivity (Wildman–Crippen MR) is 131 cm³/mol. The third-order valence-corrected chi connectivity index (χ3v) is 6.23. The number of rotatable bonds is 7. The average molecular weight is 501 g/mol. The number of non-ortho nitro benzene ring substituents is 1. The van der Waals surface area contributed by atoms with Gasteiger partial charge in [-0.2, -0.15) is 0 Å². The van der Waals surface area contributed by atoms with E-state index in [-0.39, 0.29) is 24.0 Å². The van der Waals surface area contributed by atoms with E-state index in [1.165, 1.54) is 29.3 Å². The summed E-state index contributed by atoms with van der Waals surface area (Å²) in [5.41, 5.74) is 0.743. The van der Waals surface area contributed by atoms with Crippen LogP contribution in [0.15, 0.2) is 53.4 Å². The van der Waals surface area contributed by atoms with Crippen LogP contribution in [0.3, 0.4) is 0 Å². The van der Waals surface area contributed by atoms with E-state index in [0.717, 1.165) is 11.8 Å².